The van der Waals surface area contributed by atoms with Crippen molar-refractivity contribution in [3.63, 3.8) is 0 Å². The fourth-order valence-electron chi connectivity index (χ4n) is 5.00. The molecule has 0 unspecified atom stereocenters. The molecule has 2 N–H and O–H groups in total. The van der Waals surface area contributed by atoms with Crippen LogP contribution in [0, 0.1) is 6.92 Å². The number of rotatable bonds is 4. The van der Waals surface area contributed by atoms with E-state index in [9.17, 15) is 9.59 Å². The summed E-state index contributed by atoms with van der Waals surface area (Å²) in [7, 11) is 0. The van der Waals surface area contributed by atoms with Gasteiger partial charge in [0.05, 0.1) is 11.7 Å². The molecule has 1 aromatic carbocycles. The highest BCUT2D eigenvalue weighted by molar-refractivity contribution is 5.99. The lowest BCUT2D eigenvalue weighted by Gasteiger charge is -2.34. The van der Waals surface area contributed by atoms with Gasteiger partial charge in [0.1, 0.15) is 5.82 Å². The molecule has 2 fully saturated rings. The van der Waals surface area contributed by atoms with Crippen molar-refractivity contribution in [1.29, 1.82) is 0 Å². The third-order valence-electron chi connectivity index (χ3n) is 6.77. The minimum Gasteiger partial charge on any atom is -0.355 e. The summed E-state index contributed by atoms with van der Waals surface area (Å²) in [5, 5.41) is 4.81. The fraction of sp³-hybridized carbons (Fsp3) is 0.440. The molecule has 2 aliphatic rings. The molecule has 4 heterocycles. The van der Waals surface area contributed by atoms with Crippen LogP contribution in [-0.2, 0) is 0 Å². The predicted molar refractivity (Wildman–Crippen MR) is 127 cm³/mol. The van der Waals surface area contributed by atoms with E-state index in [0.29, 0.717) is 17.7 Å². The number of carbonyl (C=O) groups is 2. The minimum absolute atomic E-state index is 0.0450. The Morgan fingerprint density at radius 2 is 1.91 bits per heavy atom. The lowest BCUT2D eigenvalue weighted by molar-refractivity contribution is 0.0605. The smallest absolute Gasteiger partial charge is 0.254 e. The number of carbonyl (C=O) groups excluding carboxylic acids is 2. The van der Waals surface area contributed by atoms with E-state index in [2.05, 4.69) is 4.90 Å². The van der Waals surface area contributed by atoms with Gasteiger partial charge in [-0.05, 0) is 51.7 Å². The Morgan fingerprint density at radius 3 is 2.67 bits per heavy atom. The predicted octanol–water partition coefficient (Wildman–Crippen LogP) is 3.15. The van der Waals surface area contributed by atoms with Crippen molar-refractivity contribution in [3.05, 3.63) is 58.9 Å². The average molecular weight is 447 g/mol. The maximum atomic E-state index is 13.4. The quantitative estimate of drug-likeness (QED) is 0.619. The van der Waals surface area contributed by atoms with Crippen LogP contribution in [0.25, 0.3) is 5.65 Å². The molecule has 2 aromatic heterocycles. The zero-order chi connectivity index (χ0) is 23.1. The van der Waals surface area contributed by atoms with E-state index >= 15 is 0 Å². The Kier molecular flexibility index (Phi) is 5.62. The third kappa shape index (κ3) is 4.11. The normalized spacial score (nSPS) is 21.1. The van der Waals surface area contributed by atoms with E-state index in [1.807, 2.05) is 28.6 Å². The summed E-state index contributed by atoms with van der Waals surface area (Å²) in [6.45, 7) is 5.96. The van der Waals surface area contributed by atoms with Gasteiger partial charge in [-0.1, -0.05) is 12.1 Å². The van der Waals surface area contributed by atoms with Gasteiger partial charge in [-0.15, -0.1) is 0 Å². The minimum atomic E-state index is -0.113. The number of nitrogens with two attached hydrogens (primary N) is 1. The number of aromatic nitrogens is 3. The summed E-state index contributed by atoms with van der Waals surface area (Å²) >= 11 is 0. The summed E-state index contributed by atoms with van der Waals surface area (Å²) < 4.78 is 1.82. The first-order valence-corrected chi connectivity index (χ1v) is 11.7. The molecular formula is C25H30N6O2. The second-order valence-electron chi connectivity index (χ2n) is 9.26. The van der Waals surface area contributed by atoms with Crippen LogP contribution >= 0.6 is 0 Å². The Hall–Kier alpha value is -3.26. The van der Waals surface area contributed by atoms with Crippen LogP contribution in [0.5, 0.6) is 0 Å². The third-order valence-corrected chi connectivity index (χ3v) is 6.77. The van der Waals surface area contributed by atoms with Crippen LogP contribution < -0.4 is 10.6 Å². The fourth-order valence-corrected chi connectivity index (χ4v) is 5.00. The second kappa shape index (κ2) is 8.59. The number of amides is 1. The highest BCUT2D eigenvalue weighted by Gasteiger charge is 2.31. The number of aryl methyl sites for hydroxylation is 1. The van der Waals surface area contributed by atoms with E-state index in [0.717, 1.165) is 61.5 Å². The van der Waals surface area contributed by atoms with Gasteiger partial charge in [0, 0.05) is 54.6 Å². The Bertz CT molecular complexity index is 1220. The topological polar surface area (TPSA) is 96.8 Å². The Labute approximate surface area is 193 Å². The molecule has 0 aliphatic carbocycles. The summed E-state index contributed by atoms with van der Waals surface area (Å²) in [6, 6.07) is 9.06. The number of Topliss-reactive ketones (excluding diaryl/α,β-unsaturated/α-hetero) is 1. The molecule has 2 aliphatic heterocycles. The number of likely N-dealkylation sites (tertiary alicyclic amines) is 1. The van der Waals surface area contributed by atoms with E-state index in [-0.39, 0.29) is 23.8 Å². The molecule has 33 heavy (non-hydrogen) atoms. The van der Waals surface area contributed by atoms with Crippen LogP contribution in [0.4, 0.5) is 5.82 Å². The number of hydrogen-bond donors (Lipinski definition) is 1. The van der Waals surface area contributed by atoms with Crippen LogP contribution in [-0.4, -0.2) is 56.9 Å². The van der Waals surface area contributed by atoms with Crippen molar-refractivity contribution in [2.45, 2.75) is 51.6 Å². The van der Waals surface area contributed by atoms with Gasteiger partial charge in [-0.25, -0.2) is 9.50 Å². The summed E-state index contributed by atoms with van der Waals surface area (Å²) in [4.78, 5) is 34.3. The number of piperidine rings is 1. The highest BCUT2D eigenvalue weighted by Crippen LogP contribution is 2.33. The van der Waals surface area contributed by atoms with Gasteiger partial charge in [0.2, 0.25) is 0 Å². The average Bonchev–Trinajstić information content (AvgIpc) is 3.43. The SMILES string of the molecule is CC(=O)c1cccc(C(=O)N2CCCC[C@H]2c2cc3nc(N4CC[C@H](N)C4)c(C)cn3n2)c1. The number of benzene rings is 1. The summed E-state index contributed by atoms with van der Waals surface area (Å²) in [5.74, 6) is 0.853. The van der Waals surface area contributed by atoms with Crippen molar-refractivity contribution in [2.75, 3.05) is 24.5 Å². The number of fused-ring (bicyclic) bond motifs is 1. The zero-order valence-electron chi connectivity index (χ0n) is 19.2. The molecule has 1 amide bonds. The van der Waals surface area contributed by atoms with Gasteiger partial charge in [0.25, 0.3) is 5.91 Å². The monoisotopic (exact) mass is 446 g/mol. The van der Waals surface area contributed by atoms with E-state index in [1.54, 1.807) is 24.3 Å². The highest BCUT2D eigenvalue weighted by atomic mass is 16.2. The molecule has 8 nitrogen and oxygen atoms in total. The Morgan fingerprint density at radius 1 is 1.09 bits per heavy atom. The van der Waals surface area contributed by atoms with Crippen molar-refractivity contribution in [3.8, 4) is 0 Å². The Balaban J connectivity index is 1.46. The van der Waals surface area contributed by atoms with Crippen LogP contribution in [0.3, 0.4) is 0 Å². The molecule has 2 atom stereocenters. The van der Waals surface area contributed by atoms with Crippen LogP contribution in [0.1, 0.15) is 70.6 Å². The molecule has 8 heteroatoms. The van der Waals surface area contributed by atoms with Gasteiger partial charge in [0.15, 0.2) is 11.4 Å². The molecule has 0 spiro atoms. The molecule has 0 saturated carbocycles. The molecular weight excluding hydrogens is 416 g/mol. The summed E-state index contributed by atoms with van der Waals surface area (Å²) in [6.07, 6.45) is 5.84. The lowest BCUT2D eigenvalue weighted by atomic mass is 9.97. The standard InChI is InChI=1S/C25H30N6O2/c1-16-14-31-23(27-24(16)29-11-9-20(26)15-29)13-21(28-31)22-8-3-4-10-30(22)25(33)19-7-5-6-18(12-19)17(2)32/h5-7,12-14,20,22H,3-4,8-11,15,26H2,1-2H3/t20-,22-/m0/s1. The van der Waals surface area contributed by atoms with E-state index in [1.165, 1.54) is 6.92 Å². The van der Waals surface area contributed by atoms with Crippen molar-refractivity contribution < 1.29 is 9.59 Å². The molecule has 2 saturated heterocycles. The van der Waals surface area contributed by atoms with Crippen molar-refractivity contribution in [2.24, 2.45) is 5.73 Å². The maximum Gasteiger partial charge on any atom is 0.254 e. The zero-order valence-corrected chi connectivity index (χ0v) is 19.2. The first kappa shape index (κ1) is 21.6. The molecule has 0 bridgehead atoms. The van der Waals surface area contributed by atoms with Gasteiger partial charge in [-0.3, -0.25) is 9.59 Å². The van der Waals surface area contributed by atoms with Gasteiger partial charge in [-0.2, -0.15) is 5.10 Å². The lowest BCUT2D eigenvalue weighted by Crippen LogP contribution is -2.38. The van der Waals surface area contributed by atoms with E-state index in [4.69, 9.17) is 15.8 Å². The number of ketones is 1. The van der Waals surface area contributed by atoms with Gasteiger partial charge >= 0.3 is 0 Å². The summed E-state index contributed by atoms with van der Waals surface area (Å²) in [5.41, 5.74) is 9.89. The number of hydrogen-bond acceptors (Lipinski definition) is 6. The first-order valence-electron chi connectivity index (χ1n) is 11.7. The van der Waals surface area contributed by atoms with Gasteiger partial charge < -0.3 is 15.5 Å². The molecule has 3 aromatic rings. The van der Waals surface area contributed by atoms with Crippen LogP contribution in [0.2, 0.25) is 0 Å². The maximum absolute atomic E-state index is 13.4. The second-order valence-corrected chi connectivity index (χ2v) is 9.26. The van der Waals surface area contributed by atoms with Crippen molar-refractivity contribution >= 4 is 23.2 Å². The largest absolute Gasteiger partial charge is 0.355 e. The van der Waals surface area contributed by atoms with Crippen LogP contribution in [0.15, 0.2) is 36.5 Å². The first-order chi connectivity index (χ1) is 15.9. The number of anilines is 1. The molecule has 5 rings (SSSR count). The van der Waals surface area contributed by atoms with E-state index < -0.39 is 0 Å². The number of nitrogens with zero attached hydrogens (tertiary/aromatic N) is 5. The molecule has 0 radical (unpaired) electrons. The molecule has 172 valence electrons. The van der Waals surface area contributed by atoms with Crippen molar-refractivity contribution in [1.82, 2.24) is 19.5 Å².